The minimum absolute atomic E-state index is 0.237. The Balaban J connectivity index is 2.60. The Labute approximate surface area is 103 Å². The van der Waals surface area contributed by atoms with Crippen molar-refractivity contribution in [3.63, 3.8) is 0 Å². The van der Waals surface area contributed by atoms with E-state index in [4.69, 9.17) is 34.8 Å². The van der Waals surface area contributed by atoms with Gasteiger partial charge in [-0.05, 0) is 0 Å². The molecule has 1 nitrogen and oxygen atoms in total. The highest BCUT2D eigenvalue weighted by molar-refractivity contribution is 6.48. The fraction of sp³-hybridized carbons (Fsp3) is 0. The lowest BCUT2D eigenvalue weighted by atomic mass is 10.1. The summed E-state index contributed by atoms with van der Waals surface area (Å²) in [6.45, 7) is 0. The summed E-state index contributed by atoms with van der Waals surface area (Å²) < 4.78 is 0. The Bertz CT molecular complexity index is 483. The SMILES string of the molecule is Clc1[c]nc(-c2ccccc2)c(Cl)c1Cl. The number of benzene rings is 1. The highest BCUT2D eigenvalue weighted by atomic mass is 35.5. The number of aromatic nitrogens is 1. The largest absolute Gasteiger partial charge is 0.243 e. The highest BCUT2D eigenvalue weighted by Gasteiger charge is 2.11. The minimum atomic E-state index is 0.237. The van der Waals surface area contributed by atoms with Crippen molar-refractivity contribution in [3.8, 4) is 11.3 Å². The minimum Gasteiger partial charge on any atom is -0.243 e. The molecule has 1 radical (unpaired) electrons. The quantitative estimate of drug-likeness (QED) is 0.732. The Morgan fingerprint density at radius 2 is 1.60 bits per heavy atom. The molecule has 4 heteroatoms. The molecule has 0 fully saturated rings. The van der Waals surface area contributed by atoms with Crippen LogP contribution in [0.2, 0.25) is 15.1 Å². The molecule has 1 aromatic carbocycles. The smallest absolute Gasteiger partial charge is 0.111 e. The van der Waals surface area contributed by atoms with Crippen LogP contribution in [0.3, 0.4) is 0 Å². The molecule has 0 unspecified atom stereocenters. The van der Waals surface area contributed by atoms with Crippen LogP contribution in [0.1, 0.15) is 0 Å². The lowest BCUT2D eigenvalue weighted by Gasteiger charge is -2.05. The van der Waals surface area contributed by atoms with Crippen molar-refractivity contribution < 1.29 is 0 Å². The molecule has 2 aromatic rings. The van der Waals surface area contributed by atoms with Gasteiger partial charge in [-0.2, -0.15) is 0 Å². The van der Waals surface area contributed by atoms with Crippen molar-refractivity contribution in [2.24, 2.45) is 0 Å². The first-order valence-corrected chi connectivity index (χ1v) is 5.31. The second kappa shape index (κ2) is 4.40. The molecule has 0 spiro atoms. The Hall–Kier alpha value is -0.760. The van der Waals surface area contributed by atoms with E-state index in [1.54, 1.807) is 0 Å². The maximum atomic E-state index is 6.03. The van der Waals surface area contributed by atoms with Crippen molar-refractivity contribution in [2.45, 2.75) is 0 Å². The normalized spacial score (nSPS) is 10.3. The van der Waals surface area contributed by atoms with Crippen LogP contribution in [0.5, 0.6) is 0 Å². The molecule has 75 valence electrons. The van der Waals surface area contributed by atoms with Crippen LogP contribution in [0.4, 0.5) is 0 Å². The summed E-state index contributed by atoms with van der Waals surface area (Å²) in [5, 5.41) is 0.875. The summed E-state index contributed by atoms with van der Waals surface area (Å²) in [7, 11) is 0. The summed E-state index contributed by atoms with van der Waals surface area (Å²) in [6.07, 6.45) is 2.61. The first-order chi connectivity index (χ1) is 7.20. The molecular formula is C11H5Cl3N. The van der Waals surface area contributed by atoms with E-state index in [1.165, 1.54) is 0 Å². The molecule has 0 aliphatic rings. The molecule has 0 saturated carbocycles. The lowest BCUT2D eigenvalue weighted by molar-refractivity contribution is 1.31. The van der Waals surface area contributed by atoms with E-state index in [-0.39, 0.29) is 10.0 Å². The van der Waals surface area contributed by atoms with Gasteiger partial charge in [-0.15, -0.1) is 0 Å². The summed E-state index contributed by atoms with van der Waals surface area (Å²) >= 11 is 17.7. The van der Waals surface area contributed by atoms with E-state index in [9.17, 15) is 0 Å². The zero-order chi connectivity index (χ0) is 10.8. The topological polar surface area (TPSA) is 12.9 Å². The van der Waals surface area contributed by atoms with Crippen LogP contribution in [-0.2, 0) is 0 Å². The molecule has 1 aromatic heterocycles. The van der Waals surface area contributed by atoms with Crippen molar-refractivity contribution in [1.82, 2.24) is 4.98 Å². The number of nitrogens with zero attached hydrogens (tertiary/aromatic N) is 1. The Kier molecular flexibility index (Phi) is 3.15. The third-order valence-electron chi connectivity index (χ3n) is 1.91. The van der Waals surface area contributed by atoms with Gasteiger partial charge < -0.3 is 0 Å². The van der Waals surface area contributed by atoms with E-state index < -0.39 is 0 Å². The van der Waals surface area contributed by atoms with E-state index in [1.807, 2.05) is 30.3 Å². The molecule has 2 rings (SSSR count). The molecule has 0 saturated heterocycles. The second-order valence-corrected chi connectivity index (χ2v) is 4.01. The number of halogens is 3. The molecule has 0 aliphatic heterocycles. The molecule has 15 heavy (non-hydrogen) atoms. The third kappa shape index (κ3) is 2.10. The van der Waals surface area contributed by atoms with Crippen LogP contribution in [0.15, 0.2) is 30.3 Å². The van der Waals surface area contributed by atoms with Gasteiger partial charge >= 0.3 is 0 Å². The van der Waals surface area contributed by atoms with Crippen LogP contribution >= 0.6 is 34.8 Å². The molecule has 0 aliphatic carbocycles. The van der Waals surface area contributed by atoms with Crippen LogP contribution in [-0.4, -0.2) is 4.98 Å². The van der Waals surface area contributed by atoms with Gasteiger partial charge in [0.1, 0.15) is 6.20 Å². The summed E-state index contributed by atoms with van der Waals surface area (Å²) in [6, 6.07) is 9.50. The zero-order valence-electron chi connectivity index (χ0n) is 7.47. The highest BCUT2D eigenvalue weighted by Crippen LogP contribution is 2.35. The van der Waals surface area contributed by atoms with E-state index >= 15 is 0 Å². The predicted octanol–water partition coefficient (Wildman–Crippen LogP) is 4.51. The average Bonchev–Trinajstić information content (AvgIpc) is 2.27. The molecule has 0 atom stereocenters. The predicted molar refractivity (Wildman–Crippen MR) is 63.5 cm³/mol. The fourth-order valence-corrected chi connectivity index (χ4v) is 1.75. The standard InChI is InChI=1S/C11H5Cl3N/c12-8-6-15-11(10(14)9(8)13)7-4-2-1-3-5-7/h1-5H. The van der Waals surface area contributed by atoms with Gasteiger partial charge in [0.05, 0.1) is 20.8 Å². The van der Waals surface area contributed by atoms with E-state index in [0.717, 1.165) is 5.56 Å². The van der Waals surface area contributed by atoms with Gasteiger partial charge in [-0.1, -0.05) is 65.1 Å². The monoisotopic (exact) mass is 256 g/mol. The first kappa shape index (κ1) is 10.7. The summed E-state index contributed by atoms with van der Waals surface area (Å²) in [5.41, 5.74) is 1.48. The van der Waals surface area contributed by atoms with E-state index in [2.05, 4.69) is 11.2 Å². The third-order valence-corrected chi connectivity index (χ3v) is 3.12. The van der Waals surface area contributed by atoms with Crippen LogP contribution in [0.25, 0.3) is 11.3 Å². The number of hydrogen-bond acceptors (Lipinski definition) is 1. The van der Waals surface area contributed by atoms with Gasteiger partial charge in [0.2, 0.25) is 0 Å². The van der Waals surface area contributed by atoms with E-state index in [0.29, 0.717) is 10.7 Å². The van der Waals surface area contributed by atoms with Crippen molar-refractivity contribution in [1.29, 1.82) is 0 Å². The summed E-state index contributed by atoms with van der Waals surface area (Å²) in [5.74, 6) is 0. The fourth-order valence-electron chi connectivity index (χ4n) is 1.19. The number of rotatable bonds is 1. The van der Waals surface area contributed by atoms with Gasteiger partial charge in [0, 0.05) is 5.56 Å². The molecule has 0 N–H and O–H groups in total. The Morgan fingerprint density at radius 1 is 0.933 bits per heavy atom. The van der Waals surface area contributed by atoms with Crippen molar-refractivity contribution in [3.05, 3.63) is 51.6 Å². The lowest BCUT2D eigenvalue weighted by Crippen LogP contribution is -1.86. The average molecular weight is 258 g/mol. The number of pyridine rings is 1. The Morgan fingerprint density at radius 3 is 2.27 bits per heavy atom. The molecule has 1 heterocycles. The molecular weight excluding hydrogens is 252 g/mol. The maximum absolute atomic E-state index is 6.03. The number of hydrogen-bond donors (Lipinski definition) is 0. The molecule has 0 bridgehead atoms. The summed E-state index contributed by atoms with van der Waals surface area (Å²) in [4.78, 5) is 4.04. The first-order valence-electron chi connectivity index (χ1n) is 4.17. The van der Waals surface area contributed by atoms with Crippen molar-refractivity contribution >= 4 is 34.8 Å². The van der Waals surface area contributed by atoms with Crippen LogP contribution < -0.4 is 0 Å². The van der Waals surface area contributed by atoms with Gasteiger partial charge in [-0.25, -0.2) is 4.98 Å². The zero-order valence-corrected chi connectivity index (χ0v) is 9.74. The van der Waals surface area contributed by atoms with Gasteiger partial charge in [0.25, 0.3) is 0 Å². The van der Waals surface area contributed by atoms with Crippen LogP contribution in [0, 0.1) is 6.20 Å². The van der Waals surface area contributed by atoms with Crippen molar-refractivity contribution in [2.75, 3.05) is 0 Å². The van der Waals surface area contributed by atoms with Gasteiger partial charge in [-0.3, -0.25) is 0 Å². The van der Waals surface area contributed by atoms with Gasteiger partial charge in [0.15, 0.2) is 0 Å². The second-order valence-electron chi connectivity index (χ2n) is 2.88. The molecule has 0 amide bonds. The maximum Gasteiger partial charge on any atom is 0.111 e.